The standard InChI is InChI=1S/C15H18N2OS/c1-3-8-18-14-7-5-4-6-13(14)9-16-10-15-17-12(2)11-19-15/h3-7,11,16H,1,8-10H2,2H3. The van der Waals surface area contributed by atoms with E-state index < -0.39 is 0 Å². The number of thiazole rings is 1. The number of ether oxygens (including phenoxy) is 1. The molecule has 0 saturated carbocycles. The summed E-state index contributed by atoms with van der Waals surface area (Å²) in [4.78, 5) is 4.43. The van der Waals surface area contributed by atoms with Gasteiger partial charge in [-0.05, 0) is 13.0 Å². The van der Waals surface area contributed by atoms with Gasteiger partial charge in [0.1, 0.15) is 17.4 Å². The van der Waals surface area contributed by atoms with Crippen LogP contribution in [0.25, 0.3) is 0 Å². The van der Waals surface area contributed by atoms with Gasteiger partial charge < -0.3 is 10.1 Å². The summed E-state index contributed by atoms with van der Waals surface area (Å²) < 4.78 is 5.62. The summed E-state index contributed by atoms with van der Waals surface area (Å²) in [5.74, 6) is 0.908. The molecule has 100 valence electrons. The zero-order chi connectivity index (χ0) is 13.5. The zero-order valence-corrected chi connectivity index (χ0v) is 11.9. The van der Waals surface area contributed by atoms with Gasteiger partial charge in [0.05, 0.1) is 0 Å². The Morgan fingerprint density at radius 1 is 1.37 bits per heavy atom. The molecule has 0 radical (unpaired) electrons. The topological polar surface area (TPSA) is 34.1 Å². The fourth-order valence-corrected chi connectivity index (χ4v) is 2.47. The summed E-state index contributed by atoms with van der Waals surface area (Å²) in [7, 11) is 0. The number of aryl methyl sites for hydroxylation is 1. The first kappa shape index (κ1) is 13.8. The third-order valence-electron chi connectivity index (χ3n) is 2.59. The Kier molecular flexibility index (Phi) is 5.12. The lowest BCUT2D eigenvalue weighted by molar-refractivity contribution is 0.358. The van der Waals surface area contributed by atoms with Crippen molar-refractivity contribution < 1.29 is 4.74 Å². The smallest absolute Gasteiger partial charge is 0.124 e. The largest absolute Gasteiger partial charge is 0.489 e. The van der Waals surface area contributed by atoms with Crippen molar-refractivity contribution in [3.05, 3.63) is 58.6 Å². The van der Waals surface area contributed by atoms with E-state index in [0.717, 1.165) is 35.1 Å². The second-order valence-corrected chi connectivity index (χ2v) is 5.14. The van der Waals surface area contributed by atoms with Gasteiger partial charge in [-0.25, -0.2) is 4.98 Å². The van der Waals surface area contributed by atoms with Gasteiger partial charge in [-0.3, -0.25) is 0 Å². The van der Waals surface area contributed by atoms with Crippen LogP contribution in [0.1, 0.15) is 16.3 Å². The average molecular weight is 274 g/mol. The molecule has 2 rings (SSSR count). The third-order valence-corrected chi connectivity index (χ3v) is 3.55. The molecule has 1 N–H and O–H groups in total. The van der Waals surface area contributed by atoms with Crippen LogP contribution in [0.15, 0.2) is 42.3 Å². The van der Waals surface area contributed by atoms with Crippen LogP contribution in [-0.4, -0.2) is 11.6 Å². The average Bonchev–Trinajstić information content (AvgIpc) is 2.83. The minimum atomic E-state index is 0.530. The second-order valence-electron chi connectivity index (χ2n) is 4.19. The molecule has 0 fully saturated rings. The van der Waals surface area contributed by atoms with E-state index >= 15 is 0 Å². The van der Waals surface area contributed by atoms with Gasteiger partial charge in [-0.2, -0.15) is 0 Å². The fraction of sp³-hybridized carbons (Fsp3) is 0.267. The monoisotopic (exact) mass is 274 g/mol. The van der Waals surface area contributed by atoms with Crippen LogP contribution in [0.4, 0.5) is 0 Å². The number of hydrogen-bond donors (Lipinski definition) is 1. The van der Waals surface area contributed by atoms with Crippen molar-refractivity contribution in [2.45, 2.75) is 20.0 Å². The Balaban J connectivity index is 1.89. The number of nitrogens with zero attached hydrogens (tertiary/aromatic N) is 1. The van der Waals surface area contributed by atoms with Crippen LogP contribution in [0, 0.1) is 6.92 Å². The van der Waals surface area contributed by atoms with Crippen LogP contribution in [-0.2, 0) is 13.1 Å². The summed E-state index contributed by atoms with van der Waals surface area (Å²) in [6.07, 6.45) is 1.75. The van der Waals surface area contributed by atoms with E-state index in [1.165, 1.54) is 0 Å². The Labute approximate surface area is 118 Å². The third kappa shape index (κ3) is 4.19. The van der Waals surface area contributed by atoms with Crippen LogP contribution >= 0.6 is 11.3 Å². The van der Waals surface area contributed by atoms with Gasteiger partial charge in [-0.15, -0.1) is 11.3 Å². The summed E-state index contributed by atoms with van der Waals surface area (Å²) in [5, 5.41) is 6.57. The van der Waals surface area contributed by atoms with Crippen LogP contribution in [0.5, 0.6) is 5.75 Å². The van der Waals surface area contributed by atoms with Crippen LogP contribution in [0.2, 0.25) is 0 Å². The Morgan fingerprint density at radius 3 is 2.95 bits per heavy atom. The molecular weight excluding hydrogens is 256 g/mol. The van der Waals surface area contributed by atoms with E-state index in [1.807, 2.05) is 25.1 Å². The summed E-state index contributed by atoms with van der Waals surface area (Å²) in [6, 6.07) is 8.05. The minimum absolute atomic E-state index is 0.530. The molecule has 3 nitrogen and oxygen atoms in total. The predicted molar refractivity (Wildman–Crippen MR) is 79.5 cm³/mol. The van der Waals surface area contributed by atoms with Crippen molar-refractivity contribution in [2.24, 2.45) is 0 Å². The number of benzene rings is 1. The summed E-state index contributed by atoms with van der Waals surface area (Å²) in [5.41, 5.74) is 2.23. The predicted octanol–water partition coefficient (Wildman–Crippen LogP) is 3.31. The van der Waals surface area contributed by atoms with Gasteiger partial charge in [-0.1, -0.05) is 30.9 Å². The van der Waals surface area contributed by atoms with E-state index in [9.17, 15) is 0 Å². The van der Waals surface area contributed by atoms with Crippen LogP contribution < -0.4 is 10.1 Å². The van der Waals surface area contributed by atoms with E-state index in [0.29, 0.717) is 6.61 Å². The lowest BCUT2D eigenvalue weighted by atomic mass is 10.2. The molecule has 0 saturated heterocycles. The van der Waals surface area contributed by atoms with Gasteiger partial charge in [0.15, 0.2) is 0 Å². The highest BCUT2D eigenvalue weighted by Gasteiger charge is 2.03. The number of para-hydroxylation sites is 1. The molecule has 1 aromatic heterocycles. The molecule has 4 heteroatoms. The Bertz CT molecular complexity index is 536. The number of rotatable bonds is 7. The Hall–Kier alpha value is -1.65. The van der Waals surface area contributed by atoms with Gasteiger partial charge >= 0.3 is 0 Å². The molecule has 0 aliphatic carbocycles. The molecule has 0 atom stereocenters. The normalized spacial score (nSPS) is 10.4. The van der Waals surface area contributed by atoms with E-state index in [4.69, 9.17) is 4.74 Å². The molecule has 0 amide bonds. The van der Waals surface area contributed by atoms with Crippen molar-refractivity contribution >= 4 is 11.3 Å². The van der Waals surface area contributed by atoms with Crippen molar-refractivity contribution in [1.29, 1.82) is 0 Å². The first-order valence-corrected chi connectivity index (χ1v) is 7.11. The molecule has 1 aromatic carbocycles. The first-order valence-electron chi connectivity index (χ1n) is 6.23. The minimum Gasteiger partial charge on any atom is -0.489 e. The molecule has 0 bridgehead atoms. The van der Waals surface area contributed by atoms with Crippen molar-refractivity contribution in [3.8, 4) is 5.75 Å². The molecule has 0 aliphatic rings. The van der Waals surface area contributed by atoms with Crippen LogP contribution in [0.3, 0.4) is 0 Å². The molecule has 2 aromatic rings. The highest BCUT2D eigenvalue weighted by atomic mass is 32.1. The van der Waals surface area contributed by atoms with Crippen molar-refractivity contribution in [1.82, 2.24) is 10.3 Å². The molecule has 1 heterocycles. The lowest BCUT2D eigenvalue weighted by Gasteiger charge is -2.10. The highest BCUT2D eigenvalue weighted by Crippen LogP contribution is 2.18. The molecule has 0 spiro atoms. The fourth-order valence-electron chi connectivity index (χ4n) is 1.73. The van der Waals surface area contributed by atoms with Crippen molar-refractivity contribution in [2.75, 3.05) is 6.61 Å². The SMILES string of the molecule is C=CCOc1ccccc1CNCc1nc(C)cs1. The van der Waals surface area contributed by atoms with Gasteiger partial charge in [0, 0.05) is 29.7 Å². The summed E-state index contributed by atoms with van der Waals surface area (Å²) in [6.45, 7) is 7.76. The molecular formula is C15H18N2OS. The molecule has 0 unspecified atom stereocenters. The number of hydrogen-bond acceptors (Lipinski definition) is 4. The molecule has 19 heavy (non-hydrogen) atoms. The maximum atomic E-state index is 5.62. The van der Waals surface area contributed by atoms with E-state index in [2.05, 4.69) is 28.3 Å². The maximum Gasteiger partial charge on any atom is 0.124 e. The zero-order valence-electron chi connectivity index (χ0n) is 11.1. The van der Waals surface area contributed by atoms with Gasteiger partial charge in [0.25, 0.3) is 0 Å². The number of aromatic nitrogens is 1. The number of nitrogens with one attached hydrogen (secondary N) is 1. The quantitative estimate of drug-likeness (QED) is 0.787. The highest BCUT2D eigenvalue weighted by molar-refractivity contribution is 7.09. The second kappa shape index (κ2) is 7.07. The maximum absolute atomic E-state index is 5.62. The molecule has 0 aliphatic heterocycles. The van der Waals surface area contributed by atoms with Crippen molar-refractivity contribution in [3.63, 3.8) is 0 Å². The lowest BCUT2D eigenvalue weighted by Crippen LogP contribution is -2.13. The Morgan fingerprint density at radius 2 is 2.21 bits per heavy atom. The van der Waals surface area contributed by atoms with E-state index in [-0.39, 0.29) is 0 Å². The van der Waals surface area contributed by atoms with Gasteiger partial charge in [0.2, 0.25) is 0 Å². The summed E-state index contributed by atoms with van der Waals surface area (Å²) >= 11 is 1.68. The van der Waals surface area contributed by atoms with E-state index in [1.54, 1.807) is 17.4 Å². The first-order chi connectivity index (χ1) is 9.29.